The topological polar surface area (TPSA) is 117 Å². The van der Waals surface area contributed by atoms with Gasteiger partial charge in [-0.15, -0.1) is 0 Å². The number of likely N-dealkylation sites (tertiary alicyclic amines) is 1. The van der Waals surface area contributed by atoms with E-state index in [9.17, 15) is 18.0 Å². The van der Waals surface area contributed by atoms with Crippen LogP contribution in [0, 0.1) is 0 Å². The summed E-state index contributed by atoms with van der Waals surface area (Å²) in [6.07, 6.45) is 1.91. The standard InChI is InChI=1S/C29H38N4O6S/c1-3-40(36,37)31-21-9-12-26-24(15-21)29(35)32(2)25-11-10-23(39-27(25)19-38-26)16-28(34)30-22-13-14-33(18-22)17-20-7-5-4-6-8-20/h4-9,12,15,22-23,25,27,31H,3,10-11,13-14,16-19H2,1-2H3,(H,30,34)/t22-,23+,25-,27-/m1/s1. The smallest absolute Gasteiger partial charge is 0.257 e. The fourth-order valence-corrected chi connectivity index (χ4v) is 6.40. The van der Waals surface area contributed by atoms with Gasteiger partial charge in [0.05, 0.1) is 29.9 Å². The molecule has 4 atom stereocenters. The molecule has 0 unspecified atom stereocenters. The summed E-state index contributed by atoms with van der Waals surface area (Å²) >= 11 is 0. The second-order valence-electron chi connectivity index (χ2n) is 10.9. The average Bonchev–Trinajstić information content (AvgIpc) is 3.37. The molecule has 0 spiro atoms. The number of nitrogens with zero attached hydrogens (tertiary/aromatic N) is 2. The van der Waals surface area contributed by atoms with Gasteiger partial charge in [0.15, 0.2) is 0 Å². The molecule has 2 aromatic carbocycles. The molecule has 0 radical (unpaired) electrons. The van der Waals surface area contributed by atoms with Crippen LogP contribution in [-0.4, -0.2) is 86.8 Å². The molecule has 2 amide bonds. The summed E-state index contributed by atoms with van der Waals surface area (Å²) in [5, 5.41) is 3.19. The first-order valence-corrected chi connectivity index (χ1v) is 15.6. The van der Waals surface area contributed by atoms with Crippen molar-refractivity contribution in [2.45, 2.75) is 63.4 Å². The summed E-state index contributed by atoms with van der Waals surface area (Å²) in [5.41, 5.74) is 1.89. The molecule has 0 aromatic heterocycles. The zero-order chi connectivity index (χ0) is 28.3. The minimum atomic E-state index is -3.48. The largest absolute Gasteiger partial charge is 0.490 e. The maximum absolute atomic E-state index is 13.4. The van der Waals surface area contributed by atoms with E-state index < -0.39 is 10.0 Å². The normalized spacial score (nSPS) is 25.2. The molecule has 3 heterocycles. The third-order valence-electron chi connectivity index (χ3n) is 7.96. The highest BCUT2D eigenvalue weighted by molar-refractivity contribution is 7.92. The van der Waals surface area contributed by atoms with E-state index in [-0.39, 0.29) is 54.9 Å². The van der Waals surface area contributed by atoms with Crippen molar-refractivity contribution in [3.8, 4) is 5.75 Å². The van der Waals surface area contributed by atoms with Gasteiger partial charge >= 0.3 is 0 Å². The number of rotatable bonds is 8. The van der Waals surface area contributed by atoms with Gasteiger partial charge in [-0.2, -0.15) is 0 Å². The molecule has 0 aliphatic carbocycles. The van der Waals surface area contributed by atoms with Crippen molar-refractivity contribution in [2.75, 3.05) is 37.2 Å². The lowest BCUT2D eigenvalue weighted by Gasteiger charge is -2.42. The molecule has 2 N–H and O–H groups in total. The van der Waals surface area contributed by atoms with Crippen LogP contribution in [0.2, 0.25) is 0 Å². The number of hydrogen-bond donors (Lipinski definition) is 2. The van der Waals surface area contributed by atoms with Crippen molar-refractivity contribution in [3.63, 3.8) is 0 Å². The number of hydrogen-bond acceptors (Lipinski definition) is 7. The van der Waals surface area contributed by atoms with Gasteiger partial charge in [-0.05, 0) is 49.9 Å². The number of carbonyl (C=O) groups excluding carboxylic acids is 2. The summed E-state index contributed by atoms with van der Waals surface area (Å²) in [6, 6.07) is 15.0. The van der Waals surface area contributed by atoms with Crippen molar-refractivity contribution in [2.24, 2.45) is 0 Å². The van der Waals surface area contributed by atoms with Crippen molar-refractivity contribution in [1.29, 1.82) is 0 Å². The van der Waals surface area contributed by atoms with Gasteiger partial charge in [0.25, 0.3) is 5.91 Å². The van der Waals surface area contributed by atoms with Gasteiger partial charge in [-0.3, -0.25) is 19.2 Å². The summed E-state index contributed by atoms with van der Waals surface area (Å²) in [5.74, 6) is 0.0312. The Balaban J connectivity index is 1.16. The Kier molecular flexibility index (Phi) is 8.62. The summed E-state index contributed by atoms with van der Waals surface area (Å²) in [4.78, 5) is 30.3. The molecule has 10 nitrogen and oxygen atoms in total. The first-order chi connectivity index (χ1) is 19.2. The molecule has 3 aliphatic rings. The molecule has 0 bridgehead atoms. The van der Waals surface area contributed by atoms with E-state index in [0.717, 1.165) is 26.1 Å². The molecule has 0 saturated carbocycles. The van der Waals surface area contributed by atoms with E-state index in [1.54, 1.807) is 31.0 Å². The number of likely N-dealkylation sites (N-methyl/N-ethyl adjacent to an activating group) is 1. The molecule has 2 saturated heterocycles. The van der Waals surface area contributed by atoms with Crippen LogP contribution in [0.4, 0.5) is 5.69 Å². The van der Waals surface area contributed by atoms with Crippen LogP contribution in [0.5, 0.6) is 5.75 Å². The zero-order valence-corrected chi connectivity index (χ0v) is 23.9. The van der Waals surface area contributed by atoms with Gasteiger partial charge in [0.1, 0.15) is 18.5 Å². The average molecular weight is 571 g/mol. The van der Waals surface area contributed by atoms with E-state index in [2.05, 4.69) is 27.1 Å². The lowest BCUT2D eigenvalue weighted by molar-refractivity contribution is -0.134. The minimum absolute atomic E-state index is 0.0152. The predicted octanol–water partition coefficient (Wildman–Crippen LogP) is 2.61. The Hall–Kier alpha value is -3.15. The van der Waals surface area contributed by atoms with Gasteiger partial charge in [-0.1, -0.05) is 30.3 Å². The van der Waals surface area contributed by atoms with Gasteiger partial charge in [0.2, 0.25) is 15.9 Å². The third-order valence-corrected chi connectivity index (χ3v) is 9.27. The Labute approximate surface area is 236 Å². The van der Waals surface area contributed by atoms with Crippen LogP contribution in [0.3, 0.4) is 0 Å². The zero-order valence-electron chi connectivity index (χ0n) is 23.0. The molecule has 216 valence electrons. The van der Waals surface area contributed by atoms with E-state index in [1.165, 1.54) is 11.6 Å². The Morgan fingerprint density at radius 2 is 1.90 bits per heavy atom. The van der Waals surface area contributed by atoms with Gasteiger partial charge in [0, 0.05) is 38.4 Å². The van der Waals surface area contributed by atoms with Crippen LogP contribution >= 0.6 is 0 Å². The second-order valence-corrected chi connectivity index (χ2v) is 12.9. The Morgan fingerprint density at radius 3 is 2.67 bits per heavy atom. The quantitative estimate of drug-likeness (QED) is 0.501. The Bertz CT molecular complexity index is 1320. The monoisotopic (exact) mass is 570 g/mol. The summed E-state index contributed by atoms with van der Waals surface area (Å²) in [6.45, 7) is 4.44. The highest BCUT2D eigenvalue weighted by Crippen LogP contribution is 2.32. The first kappa shape index (κ1) is 28.4. The molecule has 2 aromatic rings. The number of benzene rings is 2. The number of sulfonamides is 1. The summed E-state index contributed by atoms with van der Waals surface area (Å²) < 4.78 is 38.8. The lowest BCUT2D eigenvalue weighted by Crippen LogP contribution is -2.54. The molecule has 40 heavy (non-hydrogen) atoms. The van der Waals surface area contributed by atoms with Crippen molar-refractivity contribution in [3.05, 3.63) is 59.7 Å². The lowest BCUT2D eigenvalue weighted by atomic mass is 9.94. The maximum atomic E-state index is 13.4. The SMILES string of the molecule is CCS(=O)(=O)Nc1ccc2c(c1)C(=O)N(C)[C@@H]1CC[C@@H](CC(=O)N[C@@H]3CCN(Cc4ccccc4)C3)O[C@@H]1CO2. The van der Waals surface area contributed by atoms with Crippen molar-refractivity contribution < 1.29 is 27.5 Å². The molecule has 5 rings (SSSR count). The van der Waals surface area contributed by atoms with Crippen LogP contribution in [-0.2, 0) is 26.1 Å². The fourth-order valence-electron chi connectivity index (χ4n) is 5.77. The van der Waals surface area contributed by atoms with Gasteiger partial charge < -0.3 is 19.7 Å². The van der Waals surface area contributed by atoms with Crippen molar-refractivity contribution >= 4 is 27.5 Å². The molecule has 11 heteroatoms. The summed E-state index contributed by atoms with van der Waals surface area (Å²) in [7, 11) is -1.74. The van der Waals surface area contributed by atoms with Crippen molar-refractivity contribution in [1.82, 2.24) is 15.1 Å². The highest BCUT2D eigenvalue weighted by Gasteiger charge is 2.39. The molecular formula is C29H38N4O6S. The number of amides is 2. The van der Waals surface area contributed by atoms with E-state index in [4.69, 9.17) is 9.47 Å². The van der Waals surface area contributed by atoms with E-state index in [0.29, 0.717) is 29.8 Å². The second kappa shape index (κ2) is 12.2. The number of fused-ring (bicyclic) bond motifs is 2. The third kappa shape index (κ3) is 6.76. The van der Waals surface area contributed by atoms with Crippen LogP contribution in [0.15, 0.2) is 48.5 Å². The number of nitrogens with one attached hydrogen (secondary N) is 2. The maximum Gasteiger partial charge on any atom is 0.257 e. The number of ether oxygens (including phenoxy) is 2. The van der Waals surface area contributed by atoms with Crippen LogP contribution < -0.4 is 14.8 Å². The predicted molar refractivity (Wildman–Crippen MR) is 152 cm³/mol. The Morgan fingerprint density at radius 1 is 1.10 bits per heavy atom. The molecule has 3 aliphatic heterocycles. The van der Waals surface area contributed by atoms with E-state index >= 15 is 0 Å². The van der Waals surface area contributed by atoms with E-state index in [1.807, 2.05) is 18.2 Å². The number of carbonyl (C=O) groups is 2. The highest BCUT2D eigenvalue weighted by atomic mass is 32.2. The first-order valence-electron chi connectivity index (χ1n) is 14.0. The van der Waals surface area contributed by atoms with Crippen LogP contribution in [0.25, 0.3) is 0 Å². The minimum Gasteiger partial charge on any atom is -0.490 e. The van der Waals surface area contributed by atoms with Crippen LogP contribution in [0.1, 0.15) is 48.5 Å². The fraction of sp³-hybridized carbons (Fsp3) is 0.517. The van der Waals surface area contributed by atoms with Gasteiger partial charge in [-0.25, -0.2) is 8.42 Å². The molecular weight excluding hydrogens is 532 g/mol. The number of anilines is 1. The molecule has 2 fully saturated rings.